The minimum Gasteiger partial charge on any atom is -0.481 e. The molecule has 0 radical (unpaired) electrons. The minimum absolute atomic E-state index is 0.0252. The van der Waals surface area contributed by atoms with Gasteiger partial charge >= 0.3 is 5.97 Å². The highest BCUT2D eigenvalue weighted by Gasteiger charge is 2.53. The molecule has 24 heavy (non-hydrogen) atoms. The summed E-state index contributed by atoms with van der Waals surface area (Å²) in [6.07, 6.45) is 1.82. The molecule has 2 saturated heterocycles. The van der Waals surface area contributed by atoms with Crippen molar-refractivity contribution >= 4 is 11.9 Å². The highest BCUT2D eigenvalue weighted by atomic mass is 16.4. The number of hydrogen-bond acceptors (Lipinski definition) is 3. The highest BCUT2D eigenvalue weighted by Crippen LogP contribution is 2.42. The number of carboxylic acid groups (broad SMARTS) is 1. The zero-order valence-electron chi connectivity index (χ0n) is 14.3. The molecule has 0 aliphatic carbocycles. The summed E-state index contributed by atoms with van der Waals surface area (Å²) in [4.78, 5) is 28.8. The molecular formula is C19H26N2O3. The predicted octanol–water partition coefficient (Wildman–Crippen LogP) is 1.87. The Labute approximate surface area is 143 Å². The summed E-state index contributed by atoms with van der Waals surface area (Å²) in [5, 5.41) is 9.87. The van der Waals surface area contributed by atoms with E-state index in [1.54, 1.807) is 0 Å². The summed E-state index contributed by atoms with van der Waals surface area (Å²) < 4.78 is 0. The monoisotopic (exact) mass is 330 g/mol. The molecule has 0 spiro atoms. The van der Waals surface area contributed by atoms with Gasteiger partial charge in [-0.25, -0.2) is 0 Å². The number of carboxylic acids is 1. The number of hydrogen-bond donors (Lipinski definition) is 1. The van der Waals surface area contributed by atoms with Gasteiger partial charge in [-0.15, -0.1) is 0 Å². The molecule has 2 aliphatic heterocycles. The average Bonchev–Trinajstić information content (AvgIpc) is 2.84. The molecule has 2 aliphatic rings. The third-order valence-corrected chi connectivity index (χ3v) is 5.68. The lowest BCUT2D eigenvalue weighted by Gasteiger charge is -2.29. The summed E-state index contributed by atoms with van der Waals surface area (Å²) in [5.74, 6) is -0.560. The second-order valence-electron chi connectivity index (χ2n) is 7.09. The fraction of sp³-hybridized carbons (Fsp3) is 0.579. The summed E-state index contributed by atoms with van der Waals surface area (Å²) in [5.41, 5.74) is 0.329. The highest BCUT2D eigenvalue weighted by molar-refractivity contribution is 5.80. The third kappa shape index (κ3) is 3.18. The number of amides is 1. The number of benzene rings is 1. The van der Waals surface area contributed by atoms with Crippen molar-refractivity contribution in [2.45, 2.75) is 26.2 Å². The van der Waals surface area contributed by atoms with Crippen molar-refractivity contribution in [3.05, 3.63) is 35.9 Å². The zero-order chi connectivity index (χ0) is 17.2. The van der Waals surface area contributed by atoms with E-state index in [1.165, 1.54) is 0 Å². The smallest absolute Gasteiger partial charge is 0.311 e. The van der Waals surface area contributed by atoms with Crippen LogP contribution in [0.15, 0.2) is 30.3 Å². The molecule has 2 fully saturated rings. The first-order chi connectivity index (χ1) is 11.5. The zero-order valence-corrected chi connectivity index (χ0v) is 14.3. The van der Waals surface area contributed by atoms with Crippen molar-refractivity contribution in [3.8, 4) is 0 Å². The van der Waals surface area contributed by atoms with Crippen LogP contribution in [0, 0.1) is 11.3 Å². The molecule has 5 heteroatoms. The Balaban J connectivity index is 1.74. The van der Waals surface area contributed by atoms with E-state index in [4.69, 9.17) is 0 Å². The lowest BCUT2D eigenvalue weighted by atomic mass is 9.75. The maximum atomic E-state index is 12.7. The van der Waals surface area contributed by atoms with Crippen molar-refractivity contribution in [2.24, 2.45) is 11.3 Å². The van der Waals surface area contributed by atoms with Gasteiger partial charge in [0.15, 0.2) is 0 Å². The van der Waals surface area contributed by atoms with Gasteiger partial charge in [-0.05, 0) is 24.9 Å². The molecular weight excluding hydrogens is 304 g/mol. The van der Waals surface area contributed by atoms with Crippen LogP contribution < -0.4 is 0 Å². The van der Waals surface area contributed by atoms with E-state index in [2.05, 4.69) is 11.8 Å². The second kappa shape index (κ2) is 6.93. The van der Waals surface area contributed by atoms with E-state index < -0.39 is 11.4 Å². The van der Waals surface area contributed by atoms with Gasteiger partial charge in [-0.1, -0.05) is 37.3 Å². The number of rotatable bonds is 4. The van der Waals surface area contributed by atoms with Crippen molar-refractivity contribution in [2.75, 3.05) is 32.7 Å². The number of likely N-dealkylation sites (tertiary alicyclic amines) is 2. The average molecular weight is 330 g/mol. The largest absolute Gasteiger partial charge is 0.481 e. The van der Waals surface area contributed by atoms with Crippen molar-refractivity contribution in [1.82, 2.24) is 9.80 Å². The van der Waals surface area contributed by atoms with E-state index in [0.29, 0.717) is 32.5 Å². The van der Waals surface area contributed by atoms with Gasteiger partial charge in [-0.2, -0.15) is 0 Å². The number of fused-ring (bicyclic) bond motifs is 1. The van der Waals surface area contributed by atoms with Crippen LogP contribution in [0.2, 0.25) is 0 Å². The summed E-state index contributed by atoms with van der Waals surface area (Å²) in [6.45, 7) is 5.56. The van der Waals surface area contributed by atoms with Crippen molar-refractivity contribution in [1.29, 1.82) is 0 Å². The third-order valence-electron chi connectivity index (χ3n) is 5.68. The molecule has 0 aromatic heterocycles. The second-order valence-corrected chi connectivity index (χ2v) is 7.09. The fourth-order valence-corrected chi connectivity index (χ4v) is 4.24. The molecule has 5 nitrogen and oxygen atoms in total. The number of nitrogens with zero attached hydrogens (tertiary/aromatic N) is 2. The van der Waals surface area contributed by atoms with E-state index in [-0.39, 0.29) is 11.8 Å². The topological polar surface area (TPSA) is 60.9 Å². The Morgan fingerprint density at radius 3 is 2.67 bits per heavy atom. The molecule has 2 heterocycles. The Morgan fingerprint density at radius 2 is 2.00 bits per heavy atom. The molecule has 1 amide bonds. The van der Waals surface area contributed by atoms with Gasteiger partial charge in [0.25, 0.3) is 0 Å². The SMILES string of the molecule is CCN1C[C@H]2CN(C(=O)Cc3ccccc3)CCC[C@]2(C(=O)O)C1. The molecule has 1 aromatic carbocycles. The Kier molecular flexibility index (Phi) is 4.90. The Hall–Kier alpha value is -1.88. The first kappa shape index (κ1) is 17.0. The van der Waals surface area contributed by atoms with Crippen LogP contribution in [0.3, 0.4) is 0 Å². The van der Waals surface area contributed by atoms with Crippen LogP contribution in [0.4, 0.5) is 0 Å². The van der Waals surface area contributed by atoms with Gasteiger partial charge in [-0.3, -0.25) is 9.59 Å². The van der Waals surface area contributed by atoms with Gasteiger partial charge in [0.1, 0.15) is 0 Å². The van der Waals surface area contributed by atoms with E-state index in [9.17, 15) is 14.7 Å². The molecule has 2 atom stereocenters. The van der Waals surface area contributed by atoms with Crippen LogP contribution in [-0.4, -0.2) is 59.5 Å². The number of carbonyl (C=O) groups is 2. The van der Waals surface area contributed by atoms with Crippen LogP contribution in [0.5, 0.6) is 0 Å². The molecule has 0 unspecified atom stereocenters. The first-order valence-electron chi connectivity index (χ1n) is 8.82. The van der Waals surface area contributed by atoms with Gasteiger partial charge in [0.05, 0.1) is 11.8 Å². The summed E-state index contributed by atoms with van der Waals surface area (Å²) in [7, 11) is 0. The van der Waals surface area contributed by atoms with Gasteiger partial charge in [0, 0.05) is 32.1 Å². The standard InChI is InChI=1S/C19H26N2O3/c1-2-20-12-16-13-21(10-6-9-19(16,14-20)18(23)24)17(22)11-15-7-4-3-5-8-15/h3-5,7-8,16H,2,6,9-14H2,1H3,(H,23,24)/t16-,19-/m0/s1. The normalized spacial score (nSPS) is 27.5. The summed E-state index contributed by atoms with van der Waals surface area (Å²) in [6, 6.07) is 9.75. The number of aliphatic carboxylic acids is 1. The van der Waals surface area contributed by atoms with Crippen LogP contribution >= 0.6 is 0 Å². The van der Waals surface area contributed by atoms with Crippen LogP contribution in [0.1, 0.15) is 25.3 Å². The maximum Gasteiger partial charge on any atom is 0.311 e. The van der Waals surface area contributed by atoms with Gasteiger partial charge < -0.3 is 14.9 Å². The minimum atomic E-state index is -0.694. The molecule has 1 N–H and O–H groups in total. The van der Waals surface area contributed by atoms with E-state index in [0.717, 1.165) is 25.1 Å². The van der Waals surface area contributed by atoms with E-state index in [1.807, 2.05) is 35.2 Å². The van der Waals surface area contributed by atoms with Crippen LogP contribution in [-0.2, 0) is 16.0 Å². The molecule has 130 valence electrons. The molecule has 1 aromatic rings. The lowest BCUT2D eigenvalue weighted by Crippen LogP contribution is -2.43. The van der Waals surface area contributed by atoms with E-state index >= 15 is 0 Å². The first-order valence-corrected chi connectivity index (χ1v) is 8.82. The molecule has 3 rings (SSSR count). The van der Waals surface area contributed by atoms with Crippen molar-refractivity contribution < 1.29 is 14.7 Å². The number of carbonyl (C=O) groups excluding carboxylic acids is 1. The summed E-state index contributed by atoms with van der Waals surface area (Å²) >= 11 is 0. The van der Waals surface area contributed by atoms with Crippen LogP contribution in [0.25, 0.3) is 0 Å². The Morgan fingerprint density at radius 1 is 1.25 bits per heavy atom. The predicted molar refractivity (Wildman–Crippen MR) is 91.6 cm³/mol. The maximum absolute atomic E-state index is 12.7. The lowest BCUT2D eigenvalue weighted by molar-refractivity contribution is -0.151. The quantitative estimate of drug-likeness (QED) is 0.916. The molecule has 0 bridgehead atoms. The Bertz CT molecular complexity index is 604. The van der Waals surface area contributed by atoms with Crippen molar-refractivity contribution in [3.63, 3.8) is 0 Å². The molecule has 0 saturated carbocycles. The fourth-order valence-electron chi connectivity index (χ4n) is 4.24. The van der Waals surface area contributed by atoms with Gasteiger partial charge in [0.2, 0.25) is 5.91 Å².